The van der Waals surface area contributed by atoms with Crippen molar-refractivity contribution in [3.63, 3.8) is 0 Å². The number of aromatic nitrogens is 2. The zero-order valence-electron chi connectivity index (χ0n) is 16.7. The number of benzene rings is 2. The second-order valence-corrected chi connectivity index (χ2v) is 7.30. The first-order chi connectivity index (χ1) is 14.6. The largest absolute Gasteiger partial charge is 0.439 e. The Bertz CT molecular complexity index is 1020. The zero-order chi connectivity index (χ0) is 20.9. The number of anilines is 1. The fourth-order valence-corrected chi connectivity index (χ4v) is 3.48. The van der Waals surface area contributed by atoms with E-state index in [4.69, 9.17) is 4.74 Å². The van der Waals surface area contributed by atoms with Crippen LogP contribution < -0.4 is 15.0 Å². The molecule has 1 aliphatic rings. The molecule has 4 rings (SSSR count). The first-order valence-corrected chi connectivity index (χ1v) is 9.96. The predicted octanol–water partition coefficient (Wildman–Crippen LogP) is 4.12. The predicted molar refractivity (Wildman–Crippen MR) is 112 cm³/mol. The molecule has 154 valence electrons. The van der Waals surface area contributed by atoms with Crippen molar-refractivity contribution in [2.75, 3.05) is 18.0 Å². The molecule has 1 saturated heterocycles. The van der Waals surface area contributed by atoms with Gasteiger partial charge in [-0.2, -0.15) is 4.98 Å². The maximum atomic E-state index is 13.0. The van der Waals surface area contributed by atoms with E-state index in [1.807, 2.05) is 31.2 Å². The van der Waals surface area contributed by atoms with Crippen LogP contribution in [0.4, 0.5) is 10.3 Å². The number of carbonyl (C=O) groups excluding carboxylic acids is 1. The van der Waals surface area contributed by atoms with Gasteiger partial charge in [0.25, 0.3) is 5.91 Å². The van der Waals surface area contributed by atoms with Crippen LogP contribution in [0.25, 0.3) is 0 Å². The molecule has 30 heavy (non-hydrogen) atoms. The minimum absolute atomic E-state index is 0.0301. The number of rotatable bonds is 5. The quantitative estimate of drug-likeness (QED) is 0.691. The van der Waals surface area contributed by atoms with Gasteiger partial charge >= 0.3 is 0 Å². The molecule has 6 nitrogen and oxygen atoms in total. The summed E-state index contributed by atoms with van der Waals surface area (Å²) in [5.74, 6) is 1.15. The van der Waals surface area contributed by atoms with Gasteiger partial charge in [-0.3, -0.25) is 4.79 Å². The molecule has 1 N–H and O–H groups in total. The summed E-state index contributed by atoms with van der Waals surface area (Å²) in [6.45, 7) is 3.41. The number of hydrogen-bond donors (Lipinski definition) is 1. The van der Waals surface area contributed by atoms with Crippen LogP contribution in [0.3, 0.4) is 0 Å². The van der Waals surface area contributed by atoms with Gasteiger partial charge in [0, 0.05) is 37.0 Å². The molecule has 2 heterocycles. The van der Waals surface area contributed by atoms with Gasteiger partial charge < -0.3 is 15.0 Å². The number of amides is 1. The van der Waals surface area contributed by atoms with Crippen molar-refractivity contribution in [2.24, 2.45) is 0 Å². The molecule has 1 aliphatic heterocycles. The minimum atomic E-state index is -0.317. The fourth-order valence-electron chi connectivity index (χ4n) is 3.48. The van der Waals surface area contributed by atoms with Crippen LogP contribution in [0.5, 0.6) is 11.6 Å². The zero-order valence-corrected chi connectivity index (χ0v) is 16.7. The molecule has 0 saturated carbocycles. The number of halogens is 1. The Morgan fingerprint density at radius 3 is 2.57 bits per heavy atom. The van der Waals surface area contributed by atoms with Crippen LogP contribution in [0.15, 0.2) is 60.8 Å². The number of piperidine rings is 1. The maximum Gasteiger partial charge on any atom is 0.251 e. The highest BCUT2D eigenvalue weighted by atomic mass is 19.1. The lowest BCUT2D eigenvalue weighted by molar-refractivity contribution is 0.0930. The first-order valence-electron chi connectivity index (χ1n) is 9.96. The van der Waals surface area contributed by atoms with Crippen molar-refractivity contribution in [1.82, 2.24) is 15.3 Å². The molecule has 7 heteroatoms. The molecule has 3 aromatic rings. The van der Waals surface area contributed by atoms with Gasteiger partial charge in [-0.15, -0.1) is 0 Å². The fraction of sp³-hybridized carbons (Fsp3) is 0.261. The number of aryl methyl sites for hydroxylation is 1. The summed E-state index contributed by atoms with van der Waals surface area (Å²) in [6.07, 6.45) is 3.27. The highest BCUT2D eigenvalue weighted by Gasteiger charge is 2.23. The molecule has 0 bridgehead atoms. The van der Waals surface area contributed by atoms with E-state index in [0.29, 0.717) is 23.1 Å². The van der Waals surface area contributed by atoms with Gasteiger partial charge in [0.05, 0.1) is 0 Å². The molecule has 0 atom stereocenters. The normalized spacial score (nSPS) is 14.4. The number of carbonyl (C=O) groups is 1. The lowest BCUT2D eigenvalue weighted by Gasteiger charge is -2.32. The van der Waals surface area contributed by atoms with Crippen LogP contribution in [0, 0.1) is 12.7 Å². The third-order valence-electron chi connectivity index (χ3n) is 5.16. The van der Waals surface area contributed by atoms with E-state index in [2.05, 4.69) is 20.2 Å². The van der Waals surface area contributed by atoms with Crippen LogP contribution in [-0.4, -0.2) is 35.0 Å². The van der Waals surface area contributed by atoms with E-state index in [0.717, 1.165) is 31.5 Å². The van der Waals surface area contributed by atoms with Gasteiger partial charge in [-0.05, 0) is 55.7 Å². The molecule has 0 spiro atoms. The topological polar surface area (TPSA) is 67.4 Å². The number of hydrogen-bond acceptors (Lipinski definition) is 5. The molecule has 1 amide bonds. The summed E-state index contributed by atoms with van der Waals surface area (Å²) in [7, 11) is 0. The number of ether oxygens (including phenoxy) is 1. The Kier molecular flexibility index (Phi) is 5.88. The van der Waals surface area contributed by atoms with E-state index < -0.39 is 0 Å². The number of nitrogens with zero attached hydrogens (tertiary/aromatic N) is 3. The SMILES string of the molecule is Cc1ccccc1C(=O)NC1CCN(c2nccc(Oc3ccc(F)cc3)n2)CC1. The second kappa shape index (κ2) is 8.90. The highest BCUT2D eigenvalue weighted by Crippen LogP contribution is 2.23. The summed E-state index contributed by atoms with van der Waals surface area (Å²) < 4.78 is 18.7. The van der Waals surface area contributed by atoms with Gasteiger partial charge in [0.2, 0.25) is 11.8 Å². The summed E-state index contributed by atoms with van der Waals surface area (Å²) in [4.78, 5) is 23.4. The molecular formula is C23H23FN4O2. The summed E-state index contributed by atoms with van der Waals surface area (Å²) in [5, 5.41) is 3.13. The van der Waals surface area contributed by atoms with Gasteiger partial charge in [0.1, 0.15) is 11.6 Å². The smallest absolute Gasteiger partial charge is 0.251 e. The Labute approximate surface area is 174 Å². The Hall–Kier alpha value is -3.48. The number of nitrogens with one attached hydrogen (secondary N) is 1. The molecule has 0 unspecified atom stereocenters. The Morgan fingerprint density at radius 2 is 1.83 bits per heavy atom. The highest BCUT2D eigenvalue weighted by molar-refractivity contribution is 5.95. The third-order valence-corrected chi connectivity index (χ3v) is 5.16. The summed E-state index contributed by atoms with van der Waals surface area (Å²) in [5.41, 5.74) is 1.69. The Balaban J connectivity index is 1.34. The second-order valence-electron chi connectivity index (χ2n) is 7.30. The molecule has 1 aromatic heterocycles. The van der Waals surface area contributed by atoms with Crippen molar-refractivity contribution in [3.05, 3.63) is 77.7 Å². The van der Waals surface area contributed by atoms with Crippen LogP contribution >= 0.6 is 0 Å². The van der Waals surface area contributed by atoms with Gasteiger partial charge in [0.15, 0.2) is 0 Å². The van der Waals surface area contributed by atoms with Crippen molar-refractivity contribution in [1.29, 1.82) is 0 Å². The molecule has 0 radical (unpaired) electrons. The summed E-state index contributed by atoms with van der Waals surface area (Å²) in [6, 6.07) is 15.2. The van der Waals surface area contributed by atoms with Crippen LogP contribution in [0.2, 0.25) is 0 Å². The van der Waals surface area contributed by atoms with Gasteiger partial charge in [-0.25, -0.2) is 9.37 Å². The lowest BCUT2D eigenvalue weighted by atomic mass is 10.0. The van der Waals surface area contributed by atoms with E-state index >= 15 is 0 Å². The third kappa shape index (κ3) is 4.74. The average molecular weight is 406 g/mol. The first kappa shape index (κ1) is 19.8. The summed E-state index contributed by atoms with van der Waals surface area (Å²) >= 11 is 0. The van der Waals surface area contributed by atoms with E-state index in [9.17, 15) is 9.18 Å². The van der Waals surface area contributed by atoms with Crippen LogP contribution in [-0.2, 0) is 0 Å². The Morgan fingerprint density at radius 1 is 1.10 bits per heavy atom. The minimum Gasteiger partial charge on any atom is -0.439 e. The van der Waals surface area contributed by atoms with Crippen molar-refractivity contribution in [3.8, 4) is 11.6 Å². The molecule has 2 aromatic carbocycles. The lowest BCUT2D eigenvalue weighted by Crippen LogP contribution is -2.45. The van der Waals surface area contributed by atoms with Crippen molar-refractivity contribution < 1.29 is 13.9 Å². The van der Waals surface area contributed by atoms with E-state index in [-0.39, 0.29) is 17.8 Å². The maximum absolute atomic E-state index is 13.0. The molecule has 0 aliphatic carbocycles. The standard InChI is InChI=1S/C23H23FN4O2/c1-16-4-2-3-5-20(16)22(29)26-18-11-14-28(15-12-18)23-25-13-10-21(27-23)30-19-8-6-17(24)7-9-19/h2-10,13,18H,11-12,14-15H2,1H3,(H,26,29). The van der Waals surface area contributed by atoms with Crippen molar-refractivity contribution in [2.45, 2.75) is 25.8 Å². The monoisotopic (exact) mass is 406 g/mol. The van der Waals surface area contributed by atoms with E-state index in [1.54, 1.807) is 24.4 Å². The van der Waals surface area contributed by atoms with Crippen molar-refractivity contribution >= 4 is 11.9 Å². The van der Waals surface area contributed by atoms with E-state index in [1.165, 1.54) is 12.1 Å². The molecular weight excluding hydrogens is 383 g/mol. The average Bonchev–Trinajstić information content (AvgIpc) is 2.76. The van der Waals surface area contributed by atoms with Gasteiger partial charge in [-0.1, -0.05) is 18.2 Å². The molecule has 1 fully saturated rings. The van der Waals surface area contributed by atoms with Crippen LogP contribution in [0.1, 0.15) is 28.8 Å².